The van der Waals surface area contributed by atoms with Gasteiger partial charge >= 0.3 is 0 Å². The molecule has 4 heteroatoms. The highest BCUT2D eigenvalue weighted by Gasteiger charge is 2.23. The van der Waals surface area contributed by atoms with Crippen LogP contribution in [0, 0.1) is 5.92 Å². The largest absolute Gasteiger partial charge is 0.493 e. The molecule has 0 aromatic heterocycles. The van der Waals surface area contributed by atoms with Crippen LogP contribution in [0.25, 0.3) is 0 Å². The van der Waals surface area contributed by atoms with Gasteiger partial charge in [0, 0.05) is 19.1 Å². The highest BCUT2D eigenvalue weighted by atomic mass is 16.5. The van der Waals surface area contributed by atoms with Crippen molar-refractivity contribution in [3.05, 3.63) is 23.8 Å². The van der Waals surface area contributed by atoms with Gasteiger partial charge in [-0.1, -0.05) is 19.4 Å². The van der Waals surface area contributed by atoms with Crippen LogP contribution in [0.4, 0.5) is 0 Å². The summed E-state index contributed by atoms with van der Waals surface area (Å²) in [6.45, 7) is 5.52. The first kappa shape index (κ1) is 15.1. The van der Waals surface area contributed by atoms with E-state index < -0.39 is 0 Å². The van der Waals surface area contributed by atoms with Crippen LogP contribution < -0.4 is 15.2 Å². The van der Waals surface area contributed by atoms with Gasteiger partial charge in [0.05, 0.1) is 14.2 Å². The van der Waals surface area contributed by atoms with Gasteiger partial charge in [-0.15, -0.1) is 0 Å². The van der Waals surface area contributed by atoms with Crippen molar-refractivity contribution < 1.29 is 9.47 Å². The zero-order valence-corrected chi connectivity index (χ0v) is 12.8. The molecule has 1 heterocycles. The van der Waals surface area contributed by atoms with Gasteiger partial charge in [-0.25, -0.2) is 0 Å². The Morgan fingerprint density at radius 1 is 1.30 bits per heavy atom. The lowest BCUT2D eigenvalue weighted by molar-refractivity contribution is 0.301. The third-order valence-electron chi connectivity index (χ3n) is 4.24. The molecule has 1 saturated heterocycles. The van der Waals surface area contributed by atoms with E-state index in [0.29, 0.717) is 0 Å². The summed E-state index contributed by atoms with van der Waals surface area (Å²) in [6.07, 6.45) is 2.57. The molecule has 0 spiro atoms. The van der Waals surface area contributed by atoms with Gasteiger partial charge in [0.2, 0.25) is 0 Å². The third kappa shape index (κ3) is 3.44. The molecule has 1 aromatic carbocycles. The number of methoxy groups -OCH3 is 2. The van der Waals surface area contributed by atoms with Gasteiger partial charge in [0.1, 0.15) is 0 Å². The molecule has 112 valence electrons. The van der Waals surface area contributed by atoms with Crippen LogP contribution in [0.5, 0.6) is 11.5 Å². The van der Waals surface area contributed by atoms with Crippen molar-refractivity contribution in [1.29, 1.82) is 0 Å². The fraction of sp³-hybridized carbons (Fsp3) is 0.625. The molecule has 4 nitrogen and oxygen atoms in total. The second-order valence-electron chi connectivity index (χ2n) is 5.54. The number of ether oxygens (including phenoxy) is 2. The zero-order chi connectivity index (χ0) is 14.5. The van der Waals surface area contributed by atoms with Crippen molar-refractivity contribution in [1.82, 2.24) is 4.90 Å². The Morgan fingerprint density at radius 2 is 2.05 bits per heavy atom. The minimum absolute atomic E-state index is 0.0189. The molecule has 2 atom stereocenters. The molecule has 0 saturated carbocycles. The average Bonchev–Trinajstić information content (AvgIpc) is 2.94. The first-order valence-electron chi connectivity index (χ1n) is 7.37. The highest BCUT2D eigenvalue weighted by Crippen LogP contribution is 2.30. The van der Waals surface area contributed by atoms with Crippen LogP contribution in [0.2, 0.25) is 0 Å². The second kappa shape index (κ2) is 6.95. The van der Waals surface area contributed by atoms with E-state index in [1.54, 1.807) is 14.2 Å². The van der Waals surface area contributed by atoms with Crippen LogP contribution in [0.1, 0.15) is 31.4 Å². The maximum Gasteiger partial charge on any atom is 0.161 e. The van der Waals surface area contributed by atoms with Gasteiger partial charge in [-0.05, 0) is 36.6 Å². The van der Waals surface area contributed by atoms with Gasteiger partial charge in [0.15, 0.2) is 11.5 Å². The average molecular weight is 278 g/mol. The fourth-order valence-electron chi connectivity index (χ4n) is 2.88. The zero-order valence-electron chi connectivity index (χ0n) is 12.8. The Kier molecular flexibility index (Phi) is 5.26. The van der Waals surface area contributed by atoms with Crippen LogP contribution in [0.15, 0.2) is 18.2 Å². The molecule has 0 radical (unpaired) electrons. The molecule has 2 unspecified atom stereocenters. The van der Waals surface area contributed by atoms with E-state index in [4.69, 9.17) is 15.2 Å². The maximum absolute atomic E-state index is 6.34. The molecular weight excluding hydrogens is 252 g/mol. The van der Waals surface area contributed by atoms with Crippen molar-refractivity contribution in [2.45, 2.75) is 25.8 Å². The predicted octanol–water partition coefficient (Wildman–Crippen LogP) is 2.44. The van der Waals surface area contributed by atoms with Crippen molar-refractivity contribution in [2.24, 2.45) is 11.7 Å². The van der Waals surface area contributed by atoms with E-state index in [-0.39, 0.29) is 6.04 Å². The van der Waals surface area contributed by atoms with E-state index in [9.17, 15) is 0 Å². The van der Waals surface area contributed by atoms with Crippen molar-refractivity contribution >= 4 is 0 Å². The van der Waals surface area contributed by atoms with Crippen LogP contribution in [0.3, 0.4) is 0 Å². The maximum atomic E-state index is 6.34. The SMILES string of the molecule is CCC1CCN(CC(N)c2ccc(OC)c(OC)c2)C1. The molecule has 1 aromatic rings. The minimum Gasteiger partial charge on any atom is -0.493 e. The standard InChI is InChI=1S/C16H26N2O2/c1-4-12-7-8-18(10-12)11-14(17)13-5-6-15(19-2)16(9-13)20-3/h5-6,9,12,14H,4,7-8,10-11,17H2,1-3H3. The quantitative estimate of drug-likeness (QED) is 0.868. The van der Waals surface area contributed by atoms with E-state index in [1.807, 2.05) is 18.2 Å². The summed E-state index contributed by atoms with van der Waals surface area (Å²) in [6, 6.07) is 5.95. The lowest BCUT2D eigenvalue weighted by Crippen LogP contribution is -2.30. The van der Waals surface area contributed by atoms with E-state index in [1.165, 1.54) is 25.9 Å². The number of benzene rings is 1. The number of rotatable bonds is 6. The van der Waals surface area contributed by atoms with Crippen LogP contribution in [-0.2, 0) is 0 Å². The summed E-state index contributed by atoms with van der Waals surface area (Å²) in [7, 11) is 3.30. The summed E-state index contributed by atoms with van der Waals surface area (Å²) in [4.78, 5) is 2.47. The Bertz CT molecular complexity index is 436. The van der Waals surface area contributed by atoms with E-state index >= 15 is 0 Å². The number of nitrogens with two attached hydrogens (primary N) is 1. The lowest BCUT2D eigenvalue weighted by Gasteiger charge is -2.21. The molecule has 1 fully saturated rings. The molecule has 0 bridgehead atoms. The molecule has 0 amide bonds. The Morgan fingerprint density at radius 3 is 2.65 bits per heavy atom. The Balaban J connectivity index is 2.00. The monoisotopic (exact) mass is 278 g/mol. The predicted molar refractivity (Wildman–Crippen MR) is 81.3 cm³/mol. The number of hydrogen-bond acceptors (Lipinski definition) is 4. The van der Waals surface area contributed by atoms with Crippen molar-refractivity contribution in [3.8, 4) is 11.5 Å². The van der Waals surface area contributed by atoms with Gasteiger partial charge in [-0.2, -0.15) is 0 Å². The molecule has 20 heavy (non-hydrogen) atoms. The van der Waals surface area contributed by atoms with Crippen molar-refractivity contribution in [3.63, 3.8) is 0 Å². The Labute approximate surface area is 121 Å². The summed E-state index contributed by atoms with van der Waals surface area (Å²) in [5.41, 5.74) is 7.44. The molecule has 2 N–H and O–H groups in total. The van der Waals surface area contributed by atoms with Gasteiger partial charge in [0.25, 0.3) is 0 Å². The number of nitrogens with zero attached hydrogens (tertiary/aromatic N) is 1. The third-order valence-corrected chi connectivity index (χ3v) is 4.24. The highest BCUT2D eigenvalue weighted by molar-refractivity contribution is 5.43. The van der Waals surface area contributed by atoms with Gasteiger partial charge in [-0.3, -0.25) is 0 Å². The Hall–Kier alpha value is -1.26. The van der Waals surface area contributed by atoms with Gasteiger partial charge < -0.3 is 20.1 Å². The topological polar surface area (TPSA) is 47.7 Å². The summed E-state index contributed by atoms with van der Waals surface area (Å²) < 4.78 is 10.6. The molecule has 1 aliphatic rings. The van der Waals surface area contributed by atoms with Crippen molar-refractivity contribution in [2.75, 3.05) is 33.9 Å². The molecular formula is C16H26N2O2. The number of likely N-dealkylation sites (tertiary alicyclic amines) is 1. The normalized spacial score (nSPS) is 20.9. The minimum atomic E-state index is 0.0189. The van der Waals surface area contributed by atoms with Crippen LogP contribution >= 0.6 is 0 Å². The van der Waals surface area contributed by atoms with E-state index in [2.05, 4.69) is 11.8 Å². The summed E-state index contributed by atoms with van der Waals surface area (Å²) in [5.74, 6) is 2.33. The molecule has 2 rings (SSSR count). The molecule has 1 aliphatic heterocycles. The summed E-state index contributed by atoms with van der Waals surface area (Å²) >= 11 is 0. The first-order valence-corrected chi connectivity index (χ1v) is 7.37. The lowest BCUT2D eigenvalue weighted by atomic mass is 10.1. The fourth-order valence-corrected chi connectivity index (χ4v) is 2.88. The second-order valence-corrected chi connectivity index (χ2v) is 5.54. The number of hydrogen-bond donors (Lipinski definition) is 1. The van der Waals surface area contributed by atoms with E-state index in [0.717, 1.165) is 29.5 Å². The first-order chi connectivity index (χ1) is 9.67. The molecule has 0 aliphatic carbocycles. The smallest absolute Gasteiger partial charge is 0.161 e. The summed E-state index contributed by atoms with van der Waals surface area (Å²) in [5, 5.41) is 0. The van der Waals surface area contributed by atoms with Crippen LogP contribution in [-0.4, -0.2) is 38.8 Å².